The van der Waals surface area contributed by atoms with Crippen LogP contribution >= 0.6 is 0 Å². The molecule has 1 unspecified atom stereocenters. The molecule has 2 heterocycles. The number of hydrogen-bond acceptors (Lipinski definition) is 4. The van der Waals surface area contributed by atoms with Gasteiger partial charge in [0.05, 0.1) is 6.10 Å². The SMILES string of the molecule is NC(c1cccnc1)[C@H]1CC[C@@H](Oc2ccc3cnccc3c2)CC1. The average molecular weight is 333 g/mol. The van der Waals surface area contributed by atoms with Crippen LogP contribution in [0.3, 0.4) is 0 Å². The molecule has 0 bridgehead atoms. The Bertz CT molecular complexity index is 829. The van der Waals surface area contributed by atoms with Gasteiger partial charge in [-0.3, -0.25) is 9.97 Å². The predicted octanol–water partition coefficient (Wildman–Crippen LogP) is 4.27. The van der Waals surface area contributed by atoms with Crippen LogP contribution in [0.5, 0.6) is 5.75 Å². The average Bonchev–Trinajstić information content (AvgIpc) is 2.69. The van der Waals surface area contributed by atoms with Crippen molar-refractivity contribution in [2.24, 2.45) is 11.7 Å². The fourth-order valence-electron chi connectivity index (χ4n) is 3.74. The topological polar surface area (TPSA) is 61.0 Å². The molecule has 1 aromatic carbocycles. The zero-order valence-electron chi connectivity index (χ0n) is 14.2. The molecule has 1 atom stereocenters. The Kier molecular flexibility index (Phi) is 4.61. The van der Waals surface area contributed by atoms with E-state index in [1.165, 1.54) is 5.39 Å². The number of benzene rings is 1. The highest BCUT2D eigenvalue weighted by Crippen LogP contribution is 2.34. The van der Waals surface area contributed by atoms with E-state index in [1.54, 1.807) is 6.20 Å². The molecule has 4 nitrogen and oxygen atoms in total. The van der Waals surface area contributed by atoms with Crippen LogP contribution in [-0.2, 0) is 0 Å². The summed E-state index contributed by atoms with van der Waals surface area (Å²) in [6.45, 7) is 0. The van der Waals surface area contributed by atoms with Crippen LogP contribution in [0.4, 0.5) is 0 Å². The van der Waals surface area contributed by atoms with Crippen LogP contribution in [-0.4, -0.2) is 16.1 Å². The lowest BCUT2D eigenvalue weighted by Crippen LogP contribution is -2.30. The molecule has 0 radical (unpaired) electrons. The van der Waals surface area contributed by atoms with E-state index in [1.807, 2.05) is 36.8 Å². The number of aromatic nitrogens is 2. The van der Waals surface area contributed by atoms with Crippen molar-refractivity contribution in [2.75, 3.05) is 0 Å². The minimum absolute atomic E-state index is 0.0721. The molecule has 2 aromatic heterocycles. The molecule has 1 aliphatic carbocycles. The molecule has 1 aliphatic rings. The second-order valence-corrected chi connectivity index (χ2v) is 6.85. The van der Waals surface area contributed by atoms with E-state index >= 15 is 0 Å². The molecule has 1 fully saturated rings. The van der Waals surface area contributed by atoms with Gasteiger partial charge < -0.3 is 10.5 Å². The molecule has 0 amide bonds. The Balaban J connectivity index is 1.36. The van der Waals surface area contributed by atoms with Crippen LogP contribution in [0.25, 0.3) is 10.8 Å². The summed E-state index contributed by atoms with van der Waals surface area (Å²) in [5, 5.41) is 2.31. The summed E-state index contributed by atoms with van der Waals surface area (Å²) in [6.07, 6.45) is 11.9. The highest BCUT2D eigenvalue weighted by Gasteiger charge is 2.27. The third-order valence-electron chi connectivity index (χ3n) is 5.21. The lowest BCUT2D eigenvalue weighted by Gasteiger charge is -2.32. The van der Waals surface area contributed by atoms with Gasteiger partial charge in [-0.15, -0.1) is 0 Å². The Labute approximate surface area is 148 Å². The van der Waals surface area contributed by atoms with E-state index < -0.39 is 0 Å². The van der Waals surface area contributed by atoms with Crippen molar-refractivity contribution in [3.8, 4) is 5.75 Å². The molecule has 25 heavy (non-hydrogen) atoms. The van der Waals surface area contributed by atoms with E-state index in [2.05, 4.69) is 28.2 Å². The second kappa shape index (κ2) is 7.19. The summed E-state index contributed by atoms with van der Waals surface area (Å²) in [7, 11) is 0. The molecule has 0 saturated heterocycles. The lowest BCUT2D eigenvalue weighted by molar-refractivity contribution is 0.123. The molecule has 1 saturated carbocycles. The maximum Gasteiger partial charge on any atom is 0.120 e. The van der Waals surface area contributed by atoms with Crippen molar-refractivity contribution in [1.29, 1.82) is 0 Å². The van der Waals surface area contributed by atoms with Crippen molar-refractivity contribution < 1.29 is 4.74 Å². The van der Waals surface area contributed by atoms with Gasteiger partial charge in [-0.2, -0.15) is 0 Å². The quantitative estimate of drug-likeness (QED) is 0.774. The van der Waals surface area contributed by atoms with Crippen molar-refractivity contribution >= 4 is 10.8 Å². The predicted molar refractivity (Wildman–Crippen MR) is 99.3 cm³/mol. The summed E-state index contributed by atoms with van der Waals surface area (Å²) in [6, 6.07) is 12.3. The van der Waals surface area contributed by atoms with Gasteiger partial charge >= 0.3 is 0 Å². The smallest absolute Gasteiger partial charge is 0.120 e. The summed E-state index contributed by atoms with van der Waals surface area (Å²) >= 11 is 0. The van der Waals surface area contributed by atoms with Gasteiger partial charge in [0.2, 0.25) is 0 Å². The summed E-state index contributed by atoms with van der Waals surface area (Å²) in [5.74, 6) is 1.45. The second-order valence-electron chi connectivity index (χ2n) is 6.85. The molecular weight excluding hydrogens is 310 g/mol. The van der Waals surface area contributed by atoms with Gasteiger partial charge in [0.1, 0.15) is 5.75 Å². The normalized spacial score (nSPS) is 21.8. The maximum absolute atomic E-state index is 6.44. The molecule has 4 heteroatoms. The highest BCUT2D eigenvalue weighted by atomic mass is 16.5. The molecular formula is C21H23N3O. The fourth-order valence-corrected chi connectivity index (χ4v) is 3.74. The Morgan fingerprint density at radius 2 is 1.76 bits per heavy atom. The highest BCUT2D eigenvalue weighted by molar-refractivity contribution is 5.82. The number of hydrogen-bond donors (Lipinski definition) is 1. The monoisotopic (exact) mass is 333 g/mol. The van der Waals surface area contributed by atoms with Crippen molar-refractivity contribution in [1.82, 2.24) is 9.97 Å². The third kappa shape index (κ3) is 3.64. The van der Waals surface area contributed by atoms with Crippen LogP contribution in [0, 0.1) is 5.92 Å². The van der Waals surface area contributed by atoms with Crippen LogP contribution in [0.15, 0.2) is 61.2 Å². The Morgan fingerprint density at radius 1 is 0.920 bits per heavy atom. The fraction of sp³-hybridized carbons (Fsp3) is 0.333. The van der Waals surface area contributed by atoms with Crippen LogP contribution < -0.4 is 10.5 Å². The first-order chi connectivity index (χ1) is 12.3. The summed E-state index contributed by atoms with van der Waals surface area (Å²) < 4.78 is 6.22. The zero-order chi connectivity index (χ0) is 17.1. The summed E-state index contributed by atoms with van der Waals surface area (Å²) in [4.78, 5) is 8.34. The molecule has 2 N–H and O–H groups in total. The van der Waals surface area contributed by atoms with Gasteiger partial charge in [0.15, 0.2) is 0 Å². The molecule has 4 rings (SSSR count). The number of ether oxygens (including phenoxy) is 1. The number of nitrogens with zero attached hydrogens (tertiary/aromatic N) is 2. The van der Waals surface area contributed by atoms with Gasteiger partial charge in [-0.25, -0.2) is 0 Å². The third-order valence-corrected chi connectivity index (χ3v) is 5.21. The van der Waals surface area contributed by atoms with Crippen LogP contribution in [0.2, 0.25) is 0 Å². The van der Waals surface area contributed by atoms with Crippen molar-refractivity contribution in [3.63, 3.8) is 0 Å². The van der Waals surface area contributed by atoms with E-state index in [0.717, 1.165) is 42.4 Å². The van der Waals surface area contributed by atoms with E-state index in [9.17, 15) is 0 Å². The molecule has 0 spiro atoms. The molecule has 128 valence electrons. The minimum Gasteiger partial charge on any atom is -0.490 e. The minimum atomic E-state index is 0.0721. The lowest BCUT2D eigenvalue weighted by atomic mass is 9.81. The first kappa shape index (κ1) is 16.0. The summed E-state index contributed by atoms with van der Waals surface area (Å²) in [5.41, 5.74) is 7.58. The standard InChI is InChI=1S/C21H23N3O/c22-21(18-2-1-10-23-14-18)15-3-6-19(7-4-15)25-20-8-5-17-13-24-11-9-16(17)12-20/h1-2,5,8-15,19,21H,3-4,6-7,22H2/t15-,19+,21?. The van der Waals surface area contributed by atoms with Crippen molar-refractivity contribution in [3.05, 3.63) is 66.7 Å². The number of nitrogens with two attached hydrogens (primary N) is 1. The van der Waals surface area contributed by atoms with E-state index in [-0.39, 0.29) is 12.1 Å². The molecule has 3 aromatic rings. The van der Waals surface area contributed by atoms with Gasteiger partial charge in [0, 0.05) is 36.2 Å². The van der Waals surface area contributed by atoms with Gasteiger partial charge in [0.25, 0.3) is 0 Å². The largest absolute Gasteiger partial charge is 0.490 e. The number of pyridine rings is 2. The zero-order valence-corrected chi connectivity index (χ0v) is 14.2. The maximum atomic E-state index is 6.44. The van der Waals surface area contributed by atoms with E-state index in [0.29, 0.717) is 5.92 Å². The Morgan fingerprint density at radius 3 is 2.56 bits per heavy atom. The van der Waals surface area contributed by atoms with Crippen LogP contribution in [0.1, 0.15) is 37.3 Å². The van der Waals surface area contributed by atoms with Gasteiger partial charge in [-0.05, 0) is 72.9 Å². The number of fused-ring (bicyclic) bond motifs is 1. The first-order valence-electron chi connectivity index (χ1n) is 8.95. The van der Waals surface area contributed by atoms with Gasteiger partial charge in [-0.1, -0.05) is 6.07 Å². The van der Waals surface area contributed by atoms with E-state index in [4.69, 9.17) is 10.5 Å². The molecule has 0 aliphatic heterocycles. The van der Waals surface area contributed by atoms with Crippen molar-refractivity contribution in [2.45, 2.75) is 37.8 Å². The Hall–Kier alpha value is -2.46. The number of rotatable bonds is 4. The first-order valence-corrected chi connectivity index (χ1v) is 8.95.